The molecule has 1 aromatic heterocycles. The fraction of sp³-hybridized carbons (Fsp3) is 0.688. The van der Waals surface area contributed by atoms with E-state index < -0.39 is 7.12 Å². The van der Waals surface area contributed by atoms with E-state index in [4.69, 9.17) is 14.0 Å². The maximum Gasteiger partial charge on any atom is 0.502 e. The van der Waals surface area contributed by atoms with Crippen LogP contribution in [0.15, 0.2) is 12.3 Å². The summed E-state index contributed by atoms with van der Waals surface area (Å²) in [7, 11) is 3.47. The molecule has 120 valence electrons. The van der Waals surface area contributed by atoms with Crippen molar-refractivity contribution in [2.45, 2.75) is 57.8 Å². The van der Waals surface area contributed by atoms with Crippen LogP contribution in [0.5, 0.6) is 5.75 Å². The molecule has 0 unspecified atom stereocenters. The van der Waals surface area contributed by atoms with E-state index in [9.17, 15) is 0 Å². The second-order valence-corrected chi connectivity index (χ2v) is 7.35. The number of nitrogens with zero attached hydrogens (tertiary/aromatic N) is 2. The Hall–Kier alpha value is -1.27. The van der Waals surface area contributed by atoms with Crippen LogP contribution in [0, 0.1) is 0 Å². The molecule has 1 aromatic rings. The Labute approximate surface area is 133 Å². The number of pyridine rings is 1. The molecule has 1 aliphatic heterocycles. The number of hydrogen-bond donors (Lipinski definition) is 0. The predicted octanol–water partition coefficient (Wildman–Crippen LogP) is 1.99. The van der Waals surface area contributed by atoms with Gasteiger partial charge in [0, 0.05) is 20.3 Å². The van der Waals surface area contributed by atoms with Crippen LogP contribution in [0.2, 0.25) is 0 Å². The normalized spacial score (nSPS) is 22.7. The van der Waals surface area contributed by atoms with Gasteiger partial charge in [-0.2, -0.15) is 0 Å². The Morgan fingerprint density at radius 1 is 1.18 bits per heavy atom. The predicted molar refractivity (Wildman–Crippen MR) is 87.9 cm³/mol. The molecule has 0 amide bonds. The third kappa shape index (κ3) is 2.70. The first-order valence-electron chi connectivity index (χ1n) is 7.90. The van der Waals surface area contributed by atoms with Crippen LogP contribution >= 0.6 is 0 Å². The highest BCUT2D eigenvalue weighted by Crippen LogP contribution is 2.38. The highest BCUT2D eigenvalue weighted by molar-refractivity contribution is 6.64. The summed E-state index contributed by atoms with van der Waals surface area (Å²) in [4.78, 5) is 6.46. The molecule has 1 saturated carbocycles. The van der Waals surface area contributed by atoms with E-state index in [-0.39, 0.29) is 11.2 Å². The molecule has 0 spiro atoms. The van der Waals surface area contributed by atoms with Crippen molar-refractivity contribution in [1.82, 2.24) is 4.98 Å². The maximum atomic E-state index is 6.21. The van der Waals surface area contributed by atoms with Crippen LogP contribution in [-0.2, 0) is 9.31 Å². The van der Waals surface area contributed by atoms with Gasteiger partial charge in [0.2, 0.25) is 0 Å². The number of anilines is 1. The summed E-state index contributed by atoms with van der Waals surface area (Å²) in [5.41, 5.74) is 0.125. The fourth-order valence-electron chi connectivity index (χ4n) is 2.45. The van der Waals surface area contributed by atoms with Gasteiger partial charge in [-0.25, -0.2) is 4.98 Å². The second kappa shape index (κ2) is 5.13. The van der Waals surface area contributed by atoms with Crippen molar-refractivity contribution in [2.24, 2.45) is 0 Å². The molecule has 5 nitrogen and oxygen atoms in total. The van der Waals surface area contributed by atoms with Gasteiger partial charge in [0.25, 0.3) is 0 Å². The summed E-state index contributed by atoms with van der Waals surface area (Å²) in [6.45, 7) is 8.22. The lowest BCUT2D eigenvalue weighted by Crippen LogP contribution is -2.41. The topological polar surface area (TPSA) is 43.8 Å². The Kier molecular flexibility index (Phi) is 3.65. The van der Waals surface area contributed by atoms with Gasteiger partial charge in [-0.3, -0.25) is 0 Å². The first-order valence-corrected chi connectivity index (χ1v) is 7.90. The molecule has 1 aliphatic carbocycles. The van der Waals surface area contributed by atoms with E-state index >= 15 is 0 Å². The van der Waals surface area contributed by atoms with Gasteiger partial charge in [0.1, 0.15) is 11.6 Å². The standard InChI is InChI=1S/C16H25BN2O3/c1-15(2)16(3,4)22-17(21-15)13-12(20-11-7-8-11)9-10-18-14(13)19(5)6/h9-11H,7-8H2,1-6H3. The van der Waals surface area contributed by atoms with Crippen molar-refractivity contribution in [3.05, 3.63) is 12.3 Å². The van der Waals surface area contributed by atoms with Crippen LogP contribution in [-0.4, -0.2) is 43.5 Å². The Bertz CT molecular complexity index is 555. The van der Waals surface area contributed by atoms with Gasteiger partial charge >= 0.3 is 7.12 Å². The van der Waals surface area contributed by atoms with Gasteiger partial charge in [-0.15, -0.1) is 0 Å². The van der Waals surface area contributed by atoms with E-state index in [1.165, 1.54) is 0 Å². The average Bonchev–Trinajstić information content (AvgIpc) is 3.17. The van der Waals surface area contributed by atoms with E-state index in [1.54, 1.807) is 6.20 Å². The molecule has 22 heavy (non-hydrogen) atoms. The molecule has 2 aliphatic rings. The molecule has 0 radical (unpaired) electrons. The molecule has 2 fully saturated rings. The van der Waals surface area contributed by atoms with E-state index in [2.05, 4.69) is 32.7 Å². The number of aromatic nitrogens is 1. The second-order valence-electron chi connectivity index (χ2n) is 7.35. The van der Waals surface area contributed by atoms with Crippen molar-refractivity contribution in [2.75, 3.05) is 19.0 Å². The summed E-state index contributed by atoms with van der Waals surface area (Å²) >= 11 is 0. The summed E-state index contributed by atoms with van der Waals surface area (Å²) in [5, 5.41) is 0. The Morgan fingerprint density at radius 3 is 2.27 bits per heavy atom. The lowest BCUT2D eigenvalue weighted by atomic mass is 9.78. The summed E-state index contributed by atoms with van der Waals surface area (Å²) < 4.78 is 18.5. The zero-order valence-electron chi connectivity index (χ0n) is 14.3. The third-order valence-corrected chi connectivity index (χ3v) is 4.66. The smallest absolute Gasteiger partial charge is 0.491 e. The van der Waals surface area contributed by atoms with Gasteiger partial charge in [-0.05, 0) is 46.6 Å². The first-order chi connectivity index (χ1) is 10.2. The fourth-order valence-corrected chi connectivity index (χ4v) is 2.45. The Balaban J connectivity index is 2.01. The minimum atomic E-state index is -0.468. The summed E-state index contributed by atoms with van der Waals surface area (Å²) in [5.74, 6) is 1.65. The molecule has 3 rings (SSSR count). The highest BCUT2D eigenvalue weighted by atomic mass is 16.7. The van der Waals surface area contributed by atoms with Crippen LogP contribution < -0.4 is 15.1 Å². The largest absolute Gasteiger partial charge is 0.502 e. The van der Waals surface area contributed by atoms with E-state index in [0.717, 1.165) is 29.9 Å². The molecule has 2 heterocycles. The first kappa shape index (κ1) is 15.6. The van der Waals surface area contributed by atoms with Crippen LogP contribution in [0.3, 0.4) is 0 Å². The van der Waals surface area contributed by atoms with Gasteiger partial charge in [0.05, 0.1) is 22.8 Å². The molecule has 6 heteroatoms. The van der Waals surface area contributed by atoms with Gasteiger partial charge < -0.3 is 18.9 Å². The molecule has 0 N–H and O–H groups in total. The number of hydrogen-bond acceptors (Lipinski definition) is 5. The minimum Gasteiger partial charge on any atom is -0.491 e. The highest BCUT2D eigenvalue weighted by Gasteiger charge is 2.53. The van der Waals surface area contributed by atoms with Gasteiger partial charge in [-0.1, -0.05) is 0 Å². The van der Waals surface area contributed by atoms with Crippen molar-refractivity contribution >= 4 is 18.4 Å². The third-order valence-electron chi connectivity index (χ3n) is 4.66. The SMILES string of the molecule is CN(C)c1nccc(OC2CC2)c1B1OC(C)(C)C(C)(C)O1. The maximum absolute atomic E-state index is 6.21. The quantitative estimate of drug-likeness (QED) is 0.796. The van der Waals surface area contributed by atoms with E-state index in [0.29, 0.717) is 6.10 Å². The number of rotatable bonds is 4. The average molecular weight is 304 g/mol. The van der Waals surface area contributed by atoms with Gasteiger partial charge in [0.15, 0.2) is 0 Å². The van der Waals surface area contributed by atoms with Crippen molar-refractivity contribution in [3.63, 3.8) is 0 Å². The van der Waals surface area contributed by atoms with Crippen molar-refractivity contribution in [3.8, 4) is 5.75 Å². The van der Waals surface area contributed by atoms with E-state index in [1.807, 2.05) is 25.1 Å². The minimum absolute atomic E-state index is 0.318. The molecule has 0 aromatic carbocycles. The zero-order chi connectivity index (χ0) is 16.1. The zero-order valence-corrected chi connectivity index (χ0v) is 14.3. The molecule has 0 bridgehead atoms. The van der Waals surface area contributed by atoms with Crippen molar-refractivity contribution in [1.29, 1.82) is 0 Å². The summed E-state index contributed by atoms with van der Waals surface area (Å²) in [6, 6.07) is 1.91. The Morgan fingerprint density at radius 2 is 1.77 bits per heavy atom. The van der Waals surface area contributed by atoms with Crippen molar-refractivity contribution < 1.29 is 14.0 Å². The summed E-state index contributed by atoms with van der Waals surface area (Å²) in [6.07, 6.45) is 4.32. The monoisotopic (exact) mass is 304 g/mol. The lowest BCUT2D eigenvalue weighted by molar-refractivity contribution is 0.00578. The molecular weight excluding hydrogens is 279 g/mol. The molecular formula is C16H25BN2O3. The molecule has 0 atom stereocenters. The lowest BCUT2D eigenvalue weighted by Gasteiger charge is -2.32. The van der Waals surface area contributed by atoms with Crippen LogP contribution in [0.1, 0.15) is 40.5 Å². The number of ether oxygens (including phenoxy) is 1. The van der Waals surface area contributed by atoms with Crippen LogP contribution in [0.25, 0.3) is 0 Å². The molecule has 1 saturated heterocycles. The van der Waals surface area contributed by atoms with Crippen LogP contribution in [0.4, 0.5) is 5.82 Å².